The van der Waals surface area contributed by atoms with Crippen molar-refractivity contribution < 1.29 is 4.92 Å². The van der Waals surface area contributed by atoms with Gasteiger partial charge in [-0.05, 0) is 50.0 Å². The lowest BCUT2D eigenvalue weighted by molar-refractivity contribution is -0.383. The van der Waals surface area contributed by atoms with E-state index in [2.05, 4.69) is 15.6 Å². The van der Waals surface area contributed by atoms with Crippen LogP contribution in [0, 0.1) is 16.0 Å². The van der Waals surface area contributed by atoms with Gasteiger partial charge in [0.15, 0.2) is 0 Å². The van der Waals surface area contributed by atoms with Crippen molar-refractivity contribution >= 4 is 22.3 Å². The summed E-state index contributed by atoms with van der Waals surface area (Å²) in [6.45, 7) is 3.06. The zero-order valence-corrected chi connectivity index (χ0v) is 11.7. The molecule has 1 aliphatic rings. The largest absolute Gasteiger partial charge is 0.384 e. The lowest BCUT2D eigenvalue weighted by Gasteiger charge is -2.12. The Morgan fingerprint density at radius 2 is 2.33 bits per heavy atom. The highest BCUT2D eigenvalue weighted by molar-refractivity contribution is 5.96. The van der Waals surface area contributed by atoms with E-state index in [9.17, 15) is 10.1 Å². The first-order valence-electron chi connectivity index (χ1n) is 7.22. The van der Waals surface area contributed by atoms with Gasteiger partial charge in [0.2, 0.25) is 0 Å². The van der Waals surface area contributed by atoms with E-state index < -0.39 is 0 Å². The number of fused-ring (bicyclic) bond motifs is 1. The summed E-state index contributed by atoms with van der Waals surface area (Å²) in [5, 5.41) is 18.6. The van der Waals surface area contributed by atoms with Crippen LogP contribution < -0.4 is 10.6 Å². The fourth-order valence-corrected chi connectivity index (χ4v) is 2.83. The maximum absolute atomic E-state index is 11.1. The predicted octanol–water partition coefficient (Wildman–Crippen LogP) is 2.55. The molecule has 21 heavy (non-hydrogen) atoms. The van der Waals surface area contributed by atoms with Crippen LogP contribution in [0.15, 0.2) is 30.5 Å². The smallest absolute Gasteiger partial charge is 0.295 e. The van der Waals surface area contributed by atoms with E-state index in [0.717, 1.165) is 43.0 Å². The highest BCUT2D eigenvalue weighted by atomic mass is 16.6. The molecule has 1 fully saturated rings. The van der Waals surface area contributed by atoms with Crippen molar-refractivity contribution in [3.63, 3.8) is 0 Å². The molecule has 2 N–H and O–H groups in total. The van der Waals surface area contributed by atoms with Crippen LogP contribution in [0.3, 0.4) is 0 Å². The Morgan fingerprint density at radius 3 is 3.10 bits per heavy atom. The SMILES string of the molecule is O=[N+]([O-])c1ccc(NCCC2CCNC2)c2cccnc12. The van der Waals surface area contributed by atoms with Crippen molar-refractivity contribution in [3.8, 4) is 0 Å². The van der Waals surface area contributed by atoms with E-state index in [-0.39, 0.29) is 10.6 Å². The maximum Gasteiger partial charge on any atom is 0.295 e. The van der Waals surface area contributed by atoms with Crippen LogP contribution >= 0.6 is 0 Å². The number of nitro benzene ring substituents is 1. The molecule has 0 bridgehead atoms. The molecule has 0 radical (unpaired) electrons. The molecule has 6 heteroatoms. The molecule has 2 heterocycles. The molecule has 1 unspecified atom stereocenters. The quantitative estimate of drug-likeness (QED) is 0.652. The molecule has 0 aliphatic carbocycles. The Kier molecular flexibility index (Phi) is 3.96. The average Bonchev–Trinajstić information content (AvgIpc) is 3.00. The first-order valence-corrected chi connectivity index (χ1v) is 7.22. The third-order valence-corrected chi connectivity index (χ3v) is 3.98. The minimum atomic E-state index is -0.386. The van der Waals surface area contributed by atoms with E-state index in [0.29, 0.717) is 5.52 Å². The van der Waals surface area contributed by atoms with Gasteiger partial charge in [0.1, 0.15) is 5.52 Å². The number of anilines is 1. The van der Waals surface area contributed by atoms with Gasteiger partial charge in [0, 0.05) is 29.9 Å². The van der Waals surface area contributed by atoms with Crippen molar-refractivity contribution in [2.24, 2.45) is 5.92 Å². The third kappa shape index (κ3) is 2.95. The predicted molar refractivity (Wildman–Crippen MR) is 82.5 cm³/mol. The summed E-state index contributed by atoms with van der Waals surface area (Å²) in [7, 11) is 0. The van der Waals surface area contributed by atoms with Crippen molar-refractivity contribution in [1.29, 1.82) is 0 Å². The fourth-order valence-electron chi connectivity index (χ4n) is 2.83. The van der Waals surface area contributed by atoms with Crippen LogP contribution in [0.1, 0.15) is 12.8 Å². The zero-order chi connectivity index (χ0) is 14.7. The molecular weight excluding hydrogens is 268 g/mol. The first-order chi connectivity index (χ1) is 10.3. The third-order valence-electron chi connectivity index (χ3n) is 3.98. The zero-order valence-electron chi connectivity index (χ0n) is 11.7. The number of nitrogens with zero attached hydrogens (tertiary/aromatic N) is 2. The summed E-state index contributed by atoms with van der Waals surface area (Å²) >= 11 is 0. The molecule has 110 valence electrons. The maximum atomic E-state index is 11.1. The van der Waals surface area contributed by atoms with Gasteiger partial charge in [-0.1, -0.05) is 0 Å². The summed E-state index contributed by atoms with van der Waals surface area (Å²) < 4.78 is 0. The summed E-state index contributed by atoms with van der Waals surface area (Å²) in [5.74, 6) is 0.722. The van der Waals surface area contributed by atoms with Gasteiger partial charge in [-0.2, -0.15) is 0 Å². The van der Waals surface area contributed by atoms with Crippen LogP contribution in [0.5, 0.6) is 0 Å². The molecule has 0 saturated carbocycles. The van der Waals surface area contributed by atoms with Crippen molar-refractivity contribution in [2.45, 2.75) is 12.8 Å². The Labute approximate surface area is 122 Å². The highest BCUT2D eigenvalue weighted by Crippen LogP contribution is 2.29. The van der Waals surface area contributed by atoms with Gasteiger partial charge in [0.25, 0.3) is 5.69 Å². The summed E-state index contributed by atoms with van der Waals surface area (Å²) in [6.07, 6.45) is 3.92. The normalized spacial score (nSPS) is 18.0. The number of nitro groups is 1. The molecule has 2 aromatic rings. The Hall–Kier alpha value is -2.21. The van der Waals surface area contributed by atoms with E-state index in [1.807, 2.05) is 6.07 Å². The number of hydrogen-bond donors (Lipinski definition) is 2. The minimum Gasteiger partial charge on any atom is -0.384 e. The van der Waals surface area contributed by atoms with Crippen molar-refractivity contribution in [2.75, 3.05) is 25.0 Å². The van der Waals surface area contributed by atoms with Crippen LogP contribution in [-0.2, 0) is 0 Å². The molecule has 0 amide bonds. The second kappa shape index (κ2) is 6.05. The van der Waals surface area contributed by atoms with E-state index in [4.69, 9.17) is 0 Å². The molecule has 1 atom stereocenters. The number of pyridine rings is 1. The highest BCUT2D eigenvalue weighted by Gasteiger charge is 2.16. The standard InChI is InChI=1S/C15H18N4O2/c20-19(21)14-4-3-13(12-2-1-7-18-15(12)14)17-9-6-11-5-8-16-10-11/h1-4,7,11,16-17H,5-6,8-10H2. The molecule has 6 nitrogen and oxygen atoms in total. The molecule has 1 aliphatic heterocycles. The number of benzene rings is 1. The van der Waals surface area contributed by atoms with E-state index in [1.165, 1.54) is 12.5 Å². The lowest BCUT2D eigenvalue weighted by atomic mass is 10.0. The monoisotopic (exact) mass is 286 g/mol. The Balaban J connectivity index is 1.79. The van der Waals surface area contributed by atoms with Crippen molar-refractivity contribution in [3.05, 3.63) is 40.6 Å². The van der Waals surface area contributed by atoms with Gasteiger partial charge < -0.3 is 10.6 Å². The van der Waals surface area contributed by atoms with E-state index >= 15 is 0 Å². The van der Waals surface area contributed by atoms with Crippen LogP contribution in [0.4, 0.5) is 11.4 Å². The number of non-ortho nitro benzene ring substituents is 1. The Bertz CT molecular complexity index is 653. The number of nitrogens with one attached hydrogen (secondary N) is 2. The van der Waals surface area contributed by atoms with E-state index in [1.54, 1.807) is 18.3 Å². The molecular formula is C15H18N4O2. The second-order valence-electron chi connectivity index (χ2n) is 5.36. The van der Waals surface area contributed by atoms with Gasteiger partial charge in [0.05, 0.1) is 4.92 Å². The topological polar surface area (TPSA) is 80.1 Å². The van der Waals surface area contributed by atoms with Crippen LogP contribution in [0.2, 0.25) is 0 Å². The number of aromatic nitrogens is 1. The number of hydrogen-bond acceptors (Lipinski definition) is 5. The van der Waals surface area contributed by atoms with Crippen LogP contribution in [0.25, 0.3) is 10.9 Å². The summed E-state index contributed by atoms with van der Waals surface area (Å²) in [4.78, 5) is 14.8. The van der Waals surface area contributed by atoms with Crippen molar-refractivity contribution in [1.82, 2.24) is 10.3 Å². The minimum absolute atomic E-state index is 0.0520. The van der Waals surface area contributed by atoms with Gasteiger partial charge >= 0.3 is 0 Å². The average molecular weight is 286 g/mol. The molecule has 1 saturated heterocycles. The molecule has 1 aromatic carbocycles. The lowest BCUT2D eigenvalue weighted by Crippen LogP contribution is -2.13. The first kappa shape index (κ1) is 13.8. The van der Waals surface area contributed by atoms with Gasteiger partial charge in [-0.25, -0.2) is 4.98 Å². The van der Waals surface area contributed by atoms with Crippen LogP contribution in [-0.4, -0.2) is 29.5 Å². The van der Waals surface area contributed by atoms with Gasteiger partial charge in [-0.3, -0.25) is 10.1 Å². The molecule has 3 rings (SSSR count). The number of rotatable bonds is 5. The second-order valence-corrected chi connectivity index (χ2v) is 5.36. The summed E-state index contributed by atoms with van der Waals surface area (Å²) in [6, 6.07) is 6.97. The summed E-state index contributed by atoms with van der Waals surface area (Å²) in [5.41, 5.74) is 1.40. The Morgan fingerprint density at radius 1 is 1.43 bits per heavy atom. The molecule has 0 spiro atoms. The fraction of sp³-hybridized carbons (Fsp3) is 0.400. The van der Waals surface area contributed by atoms with Gasteiger partial charge in [-0.15, -0.1) is 0 Å². The molecule has 1 aromatic heterocycles.